The molecule has 0 saturated heterocycles. The van der Waals surface area contributed by atoms with Crippen molar-refractivity contribution in [3.05, 3.63) is 51.6 Å². The molecule has 2 N–H and O–H groups in total. The predicted molar refractivity (Wildman–Crippen MR) is 80.5 cm³/mol. The summed E-state index contributed by atoms with van der Waals surface area (Å²) < 4.78 is 6.87. The Morgan fingerprint density at radius 3 is 2.32 bits per heavy atom. The van der Waals surface area contributed by atoms with Crippen molar-refractivity contribution in [1.82, 2.24) is 4.98 Å². The third kappa shape index (κ3) is 3.33. The molecule has 1 aromatic heterocycles. The first-order valence-corrected chi connectivity index (χ1v) is 6.93. The summed E-state index contributed by atoms with van der Waals surface area (Å²) in [5.74, 6) is 1.37. The predicted octanol–water partition coefficient (Wildman–Crippen LogP) is 4.27. The summed E-state index contributed by atoms with van der Waals surface area (Å²) >= 11 is 3.54. The van der Waals surface area contributed by atoms with Crippen molar-refractivity contribution in [3.63, 3.8) is 0 Å². The fourth-order valence-electron chi connectivity index (χ4n) is 1.81. The van der Waals surface area contributed by atoms with Gasteiger partial charge in [-0.3, -0.25) is 0 Å². The van der Waals surface area contributed by atoms with Crippen molar-refractivity contribution in [2.45, 2.75) is 26.8 Å². The van der Waals surface area contributed by atoms with Gasteiger partial charge in [-0.05, 0) is 49.6 Å². The van der Waals surface area contributed by atoms with Crippen LogP contribution in [0.15, 0.2) is 34.9 Å². The minimum atomic E-state index is -0.0151. The minimum Gasteiger partial charge on any atom is -0.439 e. The van der Waals surface area contributed by atoms with Crippen LogP contribution in [0.3, 0.4) is 0 Å². The fourth-order valence-corrected chi connectivity index (χ4v) is 2.04. The van der Waals surface area contributed by atoms with E-state index >= 15 is 0 Å². The number of ether oxygens (including phenoxy) is 1. The third-order valence-corrected chi connectivity index (χ3v) is 4.17. The molecule has 0 fully saturated rings. The average molecular weight is 321 g/mol. The van der Waals surface area contributed by atoms with Gasteiger partial charge in [-0.2, -0.15) is 0 Å². The van der Waals surface area contributed by atoms with Gasteiger partial charge >= 0.3 is 0 Å². The van der Waals surface area contributed by atoms with Crippen LogP contribution in [0.2, 0.25) is 0 Å². The second kappa shape index (κ2) is 5.72. The van der Waals surface area contributed by atoms with E-state index in [1.165, 1.54) is 0 Å². The number of nitrogens with two attached hydrogens (primary N) is 1. The lowest BCUT2D eigenvalue weighted by Crippen LogP contribution is -2.05. The van der Waals surface area contributed by atoms with Gasteiger partial charge in [0, 0.05) is 22.8 Å². The van der Waals surface area contributed by atoms with Crippen LogP contribution in [-0.2, 0) is 0 Å². The van der Waals surface area contributed by atoms with Crippen LogP contribution >= 0.6 is 15.9 Å². The Kier molecular flexibility index (Phi) is 4.22. The zero-order valence-corrected chi connectivity index (χ0v) is 12.9. The Balaban J connectivity index is 2.21. The molecule has 2 aromatic rings. The van der Waals surface area contributed by atoms with E-state index in [4.69, 9.17) is 10.5 Å². The van der Waals surface area contributed by atoms with Crippen molar-refractivity contribution < 1.29 is 4.74 Å². The number of pyridine rings is 1. The van der Waals surface area contributed by atoms with Gasteiger partial charge in [0.15, 0.2) is 0 Å². The maximum Gasteiger partial charge on any atom is 0.219 e. The van der Waals surface area contributed by atoms with Crippen LogP contribution in [0.25, 0.3) is 0 Å². The number of aryl methyl sites for hydroxylation is 2. The number of nitrogens with zero attached hydrogens (tertiary/aromatic N) is 1. The van der Waals surface area contributed by atoms with E-state index in [9.17, 15) is 0 Å². The van der Waals surface area contributed by atoms with E-state index in [2.05, 4.69) is 20.9 Å². The van der Waals surface area contributed by atoms with Crippen molar-refractivity contribution in [3.8, 4) is 11.6 Å². The Bertz CT molecular complexity index is 556. The molecular weight excluding hydrogens is 304 g/mol. The summed E-state index contributed by atoms with van der Waals surface area (Å²) in [6, 6.07) is 7.73. The van der Waals surface area contributed by atoms with Gasteiger partial charge < -0.3 is 10.5 Å². The monoisotopic (exact) mass is 320 g/mol. The molecule has 1 heterocycles. The largest absolute Gasteiger partial charge is 0.439 e. The van der Waals surface area contributed by atoms with E-state index in [0.717, 1.165) is 26.9 Å². The Hall–Kier alpha value is -1.39. The van der Waals surface area contributed by atoms with Crippen molar-refractivity contribution in [2.24, 2.45) is 5.73 Å². The summed E-state index contributed by atoms with van der Waals surface area (Å²) in [4.78, 5) is 4.26. The van der Waals surface area contributed by atoms with E-state index < -0.39 is 0 Å². The van der Waals surface area contributed by atoms with Crippen LogP contribution in [0, 0.1) is 13.8 Å². The quantitative estimate of drug-likeness (QED) is 0.918. The molecule has 2 rings (SSSR count). The van der Waals surface area contributed by atoms with Crippen molar-refractivity contribution in [1.29, 1.82) is 0 Å². The zero-order chi connectivity index (χ0) is 14.0. The molecular formula is C15H17BrN2O. The molecule has 4 heteroatoms. The highest BCUT2D eigenvalue weighted by atomic mass is 79.9. The zero-order valence-electron chi connectivity index (χ0n) is 11.3. The molecule has 1 atom stereocenters. The molecule has 0 saturated carbocycles. The maximum atomic E-state index is 5.79. The molecule has 0 spiro atoms. The van der Waals surface area contributed by atoms with Crippen LogP contribution in [0.5, 0.6) is 11.6 Å². The molecule has 19 heavy (non-hydrogen) atoms. The van der Waals surface area contributed by atoms with E-state index in [1.807, 2.05) is 45.0 Å². The summed E-state index contributed by atoms with van der Waals surface area (Å²) in [7, 11) is 0. The number of aromatic nitrogens is 1. The summed E-state index contributed by atoms with van der Waals surface area (Å²) in [5.41, 5.74) is 9.06. The lowest BCUT2D eigenvalue weighted by molar-refractivity contribution is 0.461. The average Bonchev–Trinajstić information content (AvgIpc) is 2.36. The molecule has 0 aliphatic heterocycles. The SMILES string of the molecule is Cc1cc(Oc2ccc(C(C)N)cn2)cc(C)c1Br. The highest BCUT2D eigenvalue weighted by Crippen LogP contribution is 2.28. The normalized spacial score (nSPS) is 12.3. The topological polar surface area (TPSA) is 48.1 Å². The highest BCUT2D eigenvalue weighted by molar-refractivity contribution is 9.10. The van der Waals surface area contributed by atoms with Crippen LogP contribution in [0.1, 0.15) is 29.7 Å². The first-order valence-electron chi connectivity index (χ1n) is 6.13. The molecule has 0 radical (unpaired) electrons. The minimum absolute atomic E-state index is 0.0151. The number of hydrogen-bond acceptors (Lipinski definition) is 3. The Morgan fingerprint density at radius 2 is 1.84 bits per heavy atom. The first kappa shape index (κ1) is 14.0. The summed E-state index contributed by atoms with van der Waals surface area (Å²) in [5, 5.41) is 0. The number of benzene rings is 1. The molecule has 0 bridgehead atoms. The summed E-state index contributed by atoms with van der Waals surface area (Å²) in [6.07, 6.45) is 1.75. The molecule has 0 aliphatic carbocycles. The van der Waals surface area contributed by atoms with Gasteiger partial charge in [0.1, 0.15) is 5.75 Å². The molecule has 1 unspecified atom stereocenters. The summed E-state index contributed by atoms with van der Waals surface area (Å²) in [6.45, 7) is 6.01. The van der Waals surface area contributed by atoms with Crippen LogP contribution in [-0.4, -0.2) is 4.98 Å². The number of rotatable bonds is 3. The van der Waals surface area contributed by atoms with E-state index in [1.54, 1.807) is 6.20 Å². The smallest absolute Gasteiger partial charge is 0.219 e. The number of hydrogen-bond donors (Lipinski definition) is 1. The standard InChI is InChI=1S/C15H17BrN2O/c1-9-6-13(7-10(2)15(9)16)19-14-5-4-12(8-18-14)11(3)17/h4-8,11H,17H2,1-3H3. The molecule has 0 aliphatic rings. The third-order valence-electron chi connectivity index (χ3n) is 2.92. The van der Waals surface area contributed by atoms with Gasteiger partial charge in [-0.15, -0.1) is 0 Å². The molecule has 100 valence electrons. The molecule has 0 amide bonds. The van der Waals surface area contributed by atoms with Gasteiger partial charge in [-0.25, -0.2) is 4.98 Å². The Morgan fingerprint density at radius 1 is 1.21 bits per heavy atom. The molecule has 3 nitrogen and oxygen atoms in total. The number of halogens is 1. The van der Waals surface area contributed by atoms with Gasteiger partial charge in [0.25, 0.3) is 0 Å². The van der Waals surface area contributed by atoms with Gasteiger partial charge in [0.2, 0.25) is 5.88 Å². The Labute approximate surface area is 121 Å². The lowest BCUT2D eigenvalue weighted by Gasteiger charge is -2.10. The van der Waals surface area contributed by atoms with Crippen LogP contribution < -0.4 is 10.5 Å². The maximum absolute atomic E-state index is 5.79. The van der Waals surface area contributed by atoms with Crippen molar-refractivity contribution in [2.75, 3.05) is 0 Å². The molecule has 1 aromatic carbocycles. The van der Waals surface area contributed by atoms with E-state index in [-0.39, 0.29) is 6.04 Å². The van der Waals surface area contributed by atoms with Crippen molar-refractivity contribution >= 4 is 15.9 Å². The first-order chi connectivity index (χ1) is 8.97. The lowest BCUT2D eigenvalue weighted by atomic mass is 10.1. The van der Waals surface area contributed by atoms with Gasteiger partial charge in [0.05, 0.1) is 0 Å². The van der Waals surface area contributed by atoms with Gasteiger partial charge in [-0.1, -0.05) is 22.0 Å². The highest BCUT2D eigenvalue weighted by Gasteiger charge is 2.06. The van der Waals surface area contributed by atoms with E-state index in [0.29, 0.717) is 5.88 Å². The second-order valence-corrected chi connectivity index (χ2v) is 5.48. The fraction of sp³-hybridized carbons (Fsp3) is 0.267. The van der Waals surface area contributed by atoms with Crippen LogP contribution in [0.4, 0.5) is 0 Å². The second-order valence-electron chi connectivity index (χ2n) is 4.69.